The number of rotatable bonds is 3. The van der Waals surface area contributed by atoms with E-state index in [0.29, 0.717) is 11.0 Å². The number of H-pyrrole nitrogens is 1. The maximum absolute atomic E-state index is 12.0. The van der Waals surface area contributed by atoms with Crippen LogP contribution in [0.5, 0.6) is 0 Å². The molecule has 80 valence electrons. The van der Waals surface area contributed by atoms with Gasteiger partial charge in [0.1, 0.15) is 5.65 Å². The Hall–Kier alpha value is -1.23. The van der Waals surface area contributed by atoms with Crippen molar-refractivity contribution < 1.29 is 0 Å². The molecule has 0 unspecified atom stereocenters. The first kappa shape index (κ1) is 10.3. The summed E-state index contributed by atoms with van der Waals surface area (Å²) in [5.74, 6) is 0. The van der Waals surface area contributed by atoms with Crippen molar-refractivity contribution in [1.29, 1.82) is 0 Å². The van der Waals surface area contributed by atoms with E-state index in [1.54, 1.807) is 16.8 Å². The lowest BCUT2D eigenvalue weighted by molar-refractivity contribution is 0.585. The first-order valence-electron chi connectivity index (χ1n) is 4.89. The van der Waals surface area contributed by atoms with Crippen molar-refractivity contribution in [2.75, 3.05) is 6.26 Å². The molecule has 1 N–H and O–H groups in total. The van der Waals surface area contributed by atoms with Gasteiger partial charge in [0.05, 0.1) is 5.39 Å². The Balaban J connectivity index is 2.74. The molecule has 4 nitrogen and oxygen atoms in total. The van der Waals surface area contributed by atoms with E-state index in [-0.39, 0.29) is 5.56 Å². The minimum atomic E-state index is 0.0486. The molecule has 0 saturated heterocycles. The second-order valence-corrected chi connectivity index (χ2v) is 4.07. The SMILES string of the molecule is CCCn1c(SC)nc2[nH]ccc2c1=O. The Labute approximate surface area is 91.7 Å². The standard InChI is InChI=1S/C10H13N3OS/c1-3-6-13-9(14)7-4-5-11-8(7)12-10(13)15-2/h4-5,11H,3,6H2,1-2H3. The molecule has 2 heterocycles. The van der Waals surface area contributed by atoms with Gasteiger partial charge in [-0.2, -0.15) is 0 Å². The molecule has 0 aliphatic rings. The van der Waals surface area contributed by atoms with Gasteiger partial charge in [-0.15, -0.1) is 0 Å². The van der Waals surface area contributed by atoms with Crippen molar-refractivity contribution >= 4 is 22.8 Å². The van der Waals surface area contributed by atoms with Crippen LogP contribution in [-0.4, -0.2) is 20.8 Å². The second-order valence-electron chi connectivity index (χ2n) is 3.30. The Bertz CT molecular complexity index is 529. The predicted octanol–water partition coefficient (Wildman–Crippen LogP) is 1.86. The first-order chi connectivity index (χ1) is 7.27. The summed E-state index contributed by atoms with van der Waals surface area (Å²) in [6.07, 6.45) is 4.62. The van der Waals surface area contributed by atoms with E-state index in [1.165, 1.54) is 11.8 Å². The molecule has 0 aliphatic carbocycles. The average Bonchev–Trinajstić information content (AvgIpc) is 2.70. The van der Waals surface area contributed by atoms with Gasteiger partial charge >= 0.3 is 0 Å². The molecule has 2 rings (SSSR count). The molecule has 2 aromatic rings. The predicted molar refractivity (Wildman–Crippen MR) is 62.4 cm³/mol. The van der Waals surface area contributed by atoms with E-state index in [2.05, 4.69) is 16.9 Å². The van der Waals surface area contributed by atoms with E-state index in [1.807, 2.05) is 6.26 Å². The van der Waals surface area contributed by atoms with Crippen LogP contribution < -0.4 is 5.56 Å². The molecule has 15 heavy (non-hydrogen) atoms. The van der Waals surface area contributed by atoms with Gasteiger partial charge < -0.3 is 4.98 Å². The van der Waals surface area contributed by atoms with Crippen molar-refractivity contribution in [2.45, 2.75) is 25.0 Å². The zero-order valence-electron chi connectivity index (χ0n) is 8.78. The number of thioether (sulfide) groups is 1. The molecule has 0 radical (unpaired) electrons. The molecule has 0 aromatic carbocycles. The number of nitrogens with one attached hydrogen (secondary N) is 1. The fourth-order valence-electron chi connectivity index (χ4n) is 1.59. The molecule has 5 heteroatoms. The van der Waals surface area contributed by atoms with Crippen molar-refractivity contribution in [3.8, 4) is 0 Å². The highest BCUT2D eigenvalue weighted by Crippen LogP contribution is 2.14. The highest BCUT2D eigenvalue weighted by atomic mass is 32.2. The molecule has 0 fully saturated rings. The monoisotopic (exact) mass is 223 g/mol. The number of nitrogens with zero attached hydrogens (tertiary/aromatic N) is 2. The third-order valence-electron chi connectivity index (χ3n) is 2.27. The van der Waals surface area contributed by atoms with Crippen LogP contribution in [-0.2, 0) is 6.54 Å². The summed E-state index contributed by atoms with van der Waals surface area (Å²) in [4.78, 5) is 19.4. The third kappa shape index (κ3) is 1.67. The molecule has 0 aliphatic heterocycles. The number of aromatic amines is 1. The van der Waals surface area contributed by atoms with E-state index < -0.39 is 0 Å². The Morgan fingerprint density at radius 3 is 3.07 bits per heavy atom. The summed E-state index contributed by atoms with van der Waals surface area (Å²) >= 11 is 1.50. The number of fused-ring (bicyclic) bond motifs is 1. The minimum Gasteiger partial charge on any atom is -0.346 e. The largest absolute Gasteiger partial charge is 0.346 e. The van der Waals surface area contributed by atoms with Gasteiger partial charge in [0.15, 0.2) is 5.16 Å². The first-order valence-corrected chi connectivity index (χ1v) is 6.12. The topological polar surface area (TPSA) is 50.7 Å². The van der Waals surface area contributed by atoms with Crippen LogP contribution >= 0.6 is 11.8 Å². The van der Waals surface area contributed by atoms with E-state index >= 15 is 0 Å². The van der Waals surface area contributed by atoms with E-state index in [0.717, 1.165) is 18.1 Å². The zero-order valence-corrected chi connectivity index (χ0v) is 9.60. The van der Waals surface area contributed by atoms with Gasteiger partial charge in [0.25, 0.3) is 5.56 Å². The van der Waals surface area contributed by atoms with Gasteiger partial charge in [-0.05, 0) is 18.7 Å². The Kier molecular flexibility index (Phi) is 2.81. The molecule has 0 saturated carbocycles. The molecule has 0 atom stereocenters. The Morgan fingerprint density at radius 1 is 1.60 bits per heavy atom. The highest BCUT2D eigenvalue weighted by molar-refractivity contribution is 7.98. The summed E-state index contributed by atoms with van der Waals surface area (Å²) in [5.41, 5.74) is 0.726. The van der Waals surface area contributed by atoms with Gasteiger partial charge in [-0.3, -0.25) is 9.36 Å². The van der Waals surface area contributed by atoms with Crippen LogP contribution in [0.4, 0.5) is 0 Å². The van der Waals surface area contributed by atoms with Crippen LogP contribution in [0.1, 0.15) is 13.3 Å². The fourth-order valence-corrected chi connectivity index (χ4v) is 2.17. The maximum atomic E-state index is 12.0. The molecular weight excluding hydrogens is 210 g/mol. The quantitative estimate of drug-likeness (QED) is 0.638. The van der Waals surface area contributed by atoms with Crippen molar-refractivity contribution in [3.63, 3.8) is 0 Å². The summed E-state index contributed by atoms with van der Waals surface area (Å²) in [7, 11) is 0. The van der Waals surface area contributed by atoms with Crippen LogP contribution in [0.2, 0.25) is 0 Å². The summed E-state index contributed by atoms with van der Waals surface area (Å²) in [6.45, 7) is 2.78. The molecule has 0 amide bonds. The van der Waals surface area contributed by atoms with Crippen molar-refractivity contribution in [2.24, 2.45) is 0 Å². The minimum absolute atomic E-state index is 0.0486. The highest BCUT2D eigenvalue weighted by Gasteiger charge is 2.09. The number of aromatic nitrogens is 3. The van der Waals surface area contributed by atoms with E-state index in [9.17, 15) is 4.79 Å². The Morgan fingerprint density at radius 2 is 2.40 bits per heavy atom. The lowest BCUT2D eigenvalue weighted by Gasteiger charge is -2.08. The number of hydrogen-bond acceptors (Lipinski definition) is 3. The summed E-state index contributed by atoms with van der Waals surface area (Å²) in [5, 5.41) is 1.44. The molecule has 2 aromatic heterocycles. The zero-order chi connectivity index (χ0) is 10.8. The van der Waals surface area contributed by atoms with Gasteiger partial charge in [-0.1, -0.05) is 18.7 Å². The third-order valence-corrected chi connectivity index (χ3v) is 2.95. The van der Waals surface area contributed by atoms with Gasteiger partial charge in [-0.25, -0.2) is 4.98 Å². The molecule has 0 bridgehead atoms. The number of hydrogen-bond donors (Lipinski definition) is 1. The van der Waals surface area contributed by atoms with Crippen LogP contribution in [0.15, 0.2) is 22.2 Å². The fraction of sp³-hybridized carbons (Fsp3) is 0.400. The molecular formula is C10H13N3OS. The lowest BCUT2D eigenvalue weighted by atomic mass is 10.4. The maximum Gasteiger partial charge on any atom is 0.263 e. The van der Waals surface area contributed by atoms with Gasteiger partial charge in [0.2, 0.25) is 0 Å². The second kappa shape index (κ2) is 4.10. The van der Waals surface area contributed by atoms with Crippen molar-refractivity contribution in [3.05, 3.63) is 22.6 Å². The smallest absolute Gasteiger partial charge is 0.263 e. The van der Waals surface area contributed by atoms with Crippen LogP contribution in [0.3, 0.4) is 0 Å². The summed E-state index contributed by atoms with van der Waals surface area (Å²) < 4.78 is 1.74. The van der Waals surface area contributed by atoms with E-state index in [4.69, 9.17) is 0 Å². The van der Waals surface area contributed by atoms with Crippen LogP contribution in [0, 0.1) is 0 Å². The molecule has 0 spiro atoms. The van der Waals surface area contributed by atoms with Crippen molar-refractivity contribution in [1.82, 2.24) is 14.5 Å². The summed E-state index contributed by atoms with van der Waals surface area (Å²) in [6, 6.07) is 1.78. The van der Waals surface area contributed by atoms with Crippen LogP contribution in [0.25, 0.3) is 11.0 Å². The normalized spacial score (nSPS) is 11.1. The van der Waals surface area contributed by atoms with Gasteiger partial charge in [0, 0.05) is 12.7 Å². The average molecular weight is 223 g/mol. The lowest BCUT2D eigenvalue weighted by Crippen LogP contribution is -2.22.